The van der Waals surface area contributed by atoms with Crippen LogP contribution in [-0.4, -0.2) is 49.0 Å². The molecular weight excluding hydrogens is 300 g/mol. The van der Waals surface area contributed by atoms with Gasteiger partial charge in [0.1, 0.15) is 11.6 Å². The predicted octanol–water partition coefficient (Wildman–Crippen LogP) is 2.76. The topological polar surface area (TPSA) is 32.7 Å². The SMILES string of the molecule is OCC1(Cc2ccc(F)cc2F)CCCN(C2CCOCC2)C1. The van der Waals surface area contributed by atoms with E-state index in [-0.39, 0.29) is 12.0 Å². The van der Waals surface area contributed by atoms with Crippen molar-refractivity contribution in [3.63, 3.8) is 0 Å². The van der Waals surface area contributed by atoms with Crippen molar-refractivity contribution in [3.05, 3.63) is 35.4 Å². The van der Waals surface area contributed by atoms with E-state index in [1.165, 1.54) is 12.1 Å². The molecule has 0 aliphatic carbocycles. The van der Waals surface area contributed by atoms with E-state index < -0.39 is 11.6 Å². The monoisotopic (exact) mass is 325 g/mol. The maximum Gasteiger partial charge on any atom is 0.129 e. The number of hydrogen-bond donors (Lipinski definition) is 1. The Morgan fingerprint density at radius 2 is 2.04 bits per heavy atom. The zero-order valence-corrected chi connectivity index (χ0v) is 13.4. The summed E-state index contributed by atoms with van der Waals surface area (Å²) in [5.41, 5.74) is 0.157. The highest BCUT2D eigenvalue weighted by molar-refractivity contribution is 5.20. The molecule has 0 bridgehead atoms. The third kappa shape index (κ3) is 3.90. The minimum Gasteiger partial charge on any atom is -0.396 e. The van der Waals surface area contributed by atoms with E-state index in [4.69, 9.17) is 4.74 Å². The van der Waals surface area contributed by atoms with Crippen molar-refractivity contribution in [1.29, 1.82) is 0 Å². The summed E-state index contributed by atoms with van der Waals surface area (Å²) in [6, 6.07) is 4.23. The fraction of sp³-hybridized carbons (Fsp3) is 0.667. The minimum absolute atomic E-state index is 0.0313. The van der Waals surface area contributed by atoms with Crippen LogP contribution in [0.3, 0.4) is 0 Å². The molecule has 2 fully saturated rings. The van der Waals surface area contributed by atoms with Crippen molar-refractivity contribution in [2.45, 2.75) is 38.1 Å². The first-order valence-corrected chi connectivity index (χ1v) is 8.48. The molecule has 0 radical (unpaired) electrons. The number of benzene rings is 1. The Labute approximate surface area is 136 Å². The molecule has 0 saturated carbocycles. The number of hydrogen-bond acceptors (Lipinski definition) is 3. The van der Waals surface area contributed by atoms with Gasteiger partial charge in [-0.3, -0.25) is 4.90 Å². The highest BCUT2D eigenvalue weighted by Gasteiger charge is 2.38. The molecule has 0 amide bonds. The summed E-state index contributed by atoms with van der Waals surface area (Å²) in [5.74, 6) is -1.07. The van der Waals surface area contributed by atoms with Crippen LogP contribution in [0.2, 0.25) is 0 Å². The molecule has 2 aliphatic heterocycles. The summed E-state index contributed by atoms with van der Waals surface area (Å²) in [5, 5.41) is 10.0. The van der Waals surface area contributed by atoms with Gasteiger partial charge in [0.05, 0.1) is 6.61 Å². The molecule has 1 unspecified atom stereocenters. The Morgan fingerprint density at radius 1 is 1.26 bits per heavy atom. The number of halogens is 2. The standard InChI is InChI=1S/C18H25F2NO2/c19-15-3-2-14(17(20)10-15)11-18(13-22)6-1-7-21(12-18)16-4-8-23-9-5-16/h2-3,10,16,22H,1,4-9,11-13H2. The van der Waals surface area contributed by atoms with Gasteiger partial charge in [0.2, 0.25) is 0 Å². The van der Waals surface area contributed by atoms with Crippen LogP contribution in [0, 0.1) is 17.0 Å². The Hall–Kier alpha value is -1.04. The van der Waals surface area contributed by atoms with Crippen LogP contribution in [-0.2, 0) is 11.2 Å². The van der Waals surface area contributed by atoms with Gasteiger partial charge in [0.15, 0.2) is 0 Å². The van der Waals surface area contributed by atoms with Gasteiger partial charge in [-0.25, -0.2) is 8.78 Å². The lowest BCUT2D eigenvalue weighted by Crippen LogP contribution is -2.51. The molecule has 0 spiro atoms. The lowest BCUT2D eigenvalue weighted by molar-refractivity contribution is -0.0230. The number of rotatable bonds is 4. The molecular formula is C18H25F2NO2. The lowest BCUT2D eigenvalue weighted by atomic mass is 9.75. The molecule has 1 atom stereocenters. The fourth-order valence-electron chi connectivity index (χ4n) is 4.01. The van der Waals surface area contributed by atoms with Gasteiger partial charge in [0.25, 0.3) is 0 Å². The zero-order chi connectivity index (χ0) is 16.3. The first-order chi connectivity index (χ1) is 11.1. The Kier molecular flexibility index (Phi) is 5.29. The van der Waals surface area contributed by atoms with Crippen molar-refractivity contribution < 1.29 is 18.6 Å². The van der Waals surface area contributed by atoms with E-state index in [0.29, 0.717) is 18.0 Å². The van der Waals surface area contributed by atoms with E-state index in [1.54, 1.807) is 0 Å². The number of nitrogens with zero attached hydrogens (tertiary/aromatic N) is 1. The summed E-state index contributed by atoms with van der Waals surface area (Å²) in [6.45, 7) is 3.41. The molecule has 1 aromatic rings. The number of ether oxygens (including phenoxy) is 1. The second-order valence-corrected chi connectivity index (χ2v) is 6.99. The Morgan fingerprint density at radius 3 is 2.74 bits per heavy atom. The highest BCUT2D eigenvalue weighted by Crippen LogP contribution is 2.36. The van der Waals surface area contributed by atoms with Crippen LogP contribution in [0.4, 0.5) is 8.78 Å². The van der Waals surface area contributed by atoms with E-state index in [9.17, 15) is 13.9 Å². The average Bonchev–Trinajstić information content (AvgIpc) is 2.58. The summed E-state index contributed by atoms with van der Waals surface area (Å²) in [6.07, 6.45) is 4.37. The summed E-state index contributed by atoms with van der Waals surface area (Å²) < 4.78 is 32.5. The molecule has 0 aromatic heterocycles. The third-order valence-corrected chi connectivity index (χ3v) is 5.31. The summed E-state index contributed by atoms with van der Waals surface area (Å²) in [7, 11) is 0. The number of aliphatic hydroxyl groups is 1. The number of piperidine rings is 1. The molecule has 2 saturated heterocycles. The van der Waals surface area contributed by atoms with Crippen molar-refractivity contribution in [2.24, 2.45) is 5.41 Å². The van der Waals surface area contributed by atoms with E-state index in [2.05, 4.69) is 4.90 Å². The van der Waals surface area contributed by atoms with Gasteiger partial charge in [-0.05, 0) is 50.3 Å². The third-order valence-electron chi connectivity index (χ3n) is 5.31. The number of likely N-dealkylation sites (tertiary alicyclic amines) is 1. The second-order valence-electron chi connectivity index (χ2n) is 6.99. The molecule has 128 valence electrons. The molecule has 1 N–H and O–H groups in total. The fourth-order valence-corrected chi connectivity index (χ4v) is 4.01. The quantitative estimate of drug-likeness (QED) is 0.924. The van der Waals surface area contributed by atoms with Gasteiger partial charge in [-0.15, -0.1) is 0 Å². The first-order valence-electron chi connectivity index (χ1n) is 8.48. The predicted molar refractivity (Wildman–Crippen MR) is 84.2 cm³/mol. The molecule has 3 nitrogen and oxygen atoms in total. The molecule has 2 aliphatic rings. The molecule has 23 heavy (non-hydrogen) atoms. The molecule has 2 heterocycles. The van der Waals surface area contributed by atoms with Gasteiger partial charge < -0.3 is 9.84 Å². The van der Waals surface area contributed by atoms with Crippen LogP contribution >= 0.6 is 0 Å². The summed E-state index contributed by atoms with van der Waals surface area (Å²) >= 11 is 0. The zero-order valence-electron chi connectivity index (χ0n) is 13.4. The highest BCUT2D eigenvalue weighted by atomic mass is 19.1. The van der Waals surface area contributed by atoms with Crippen LogP contribution < -0.4 is 0 Å². The van der Waals surface area contributed by atoms with Crippen molar-refractivity contribution in [2.75, 3.05) is 32.9 Å². The van der Waals surface area contributed by atoms with Crippen LogP contribution in [0.5, 0.6) is 0 Å². The van der Waals surface area contributed by atoms with Gasteiger partial charge >= 0.3 is 0 Å². The summed E-state index contributed by atoms with van der Waals surface area (Å²) in [4.78, 5) is 2.43. The van der Waals surface area contributed by atoms with Crippen LogP contribution in [0.15, 0.2) is 18.2 Å². The van der Waals surface area contributed by atoms with Gasteiger partial charge in [0, 0.05) is 37.3 Å². The second kappa shape index (κ2) is 7.24. The lowest BCUT2D eigenvalue weighted by Gasteiger charge is -2.46. The Balaban J connectivity index is 1.73. The van der Waals surface area contributed by atoms with Crippen molar-refractivity contribution in [1.82, 2.24) is 4.90 Å². The molecule has 1 aromatic carbocycles. The molecule has 5 heteroatoms. The maximum absolute atomic E-state index is 14.0. The van der Waals surface area contributed by atoms with E-state index >= 15 is 0 Å². The average molecular weight is 325 g/mol. The van der Waals surface area contributed by atoms with E-state index in [1.807, 2.05) is 0 Å². The Bertz CT molecular complexity index is 534. The normalized spacial score (nSPS) is 27.3. The van der Waals surface area contributed by atoms with Crippen LogP contribution in [0.25, 0.3) is 0 Å². The van der Waals surface area contributed by atoms with Gasteiger partial charge in [-0.2, -0.15) is 0 Å². The van der Waals surface area contributed by atoms with Crippen LogP contribution in [0.1, 0.15) is 31.2 Å². The number of aliphatic hydroxyl groups excluding tert-OH is 1. The van der Waals surface area contributed by atoms with Crippen molar-refractivity contribution in [3.8, 4) is 0 Å². The van der Waals surface area contributed by atoms with Gasteiger partial charge in [-0.1, -0.05) is 6.07 Å². The smallest absolute Gasteiger partial charge is 0.129 e. The minimum atomic E-state index is -0.559. The van der Waals surface area contributed by atoms with E-state index in [0.717, 1.165) is 58.1 Å². The molecule has 3 rings (SSSR count). The first kappa shape index (κ1) is 16.8. The van der Waals surface area contributed by atoms with Crippen molar-refractivity contribution >= 4 is 0 Å². The maximum atomic E-state index is 14.0. The largest absolute Gasteiger partial charge is 0.396 e.